The molecular weight excluding hydrogens is 192 g/mol. The van der Waals surface area contributed by atoms with Crippen molar-refractivity contribution in [3.8, 4) is 0 Å². The van der Waals surface area contributed by atoms with E-state index in [0.717, 1.165) is 19.3 Å². The van der Waals surface area contributed by atoms with Gasteiger partial charge in [-0.2, -0.15) is 0 Å². The zero-order valence-electron chi connectivity index (χ0n) is 10.2. The molecule has 2 unspecified atom stereocenters. The van der Waals surface area contributed by atoms with Crippen LogP contribution in [0.4, 0.5) is 0 Å². The number of ether oxygens (including phenoxy) is 1. The third-order valence-corrected chi connectivity index (χ3v) is 2.82. The van der Waals surface area contributed by atoms with Gasteiger partial charge in [0.25, 0.3) is 0 Å². The van der Waals surface area contributed by atoms with Crippen LogP contribution in [0.5, 0.6) is 0 Å². The molecule has 0 fully saturated rings. The normalized spacial score (nSPS) is 14.4. The average Bonchev–Trinajstić information content (AvgIpc) is 2.23. The van der Waals surface area contributed by atoms with Gasteiger partial charge in [-0.25, -0.2) is 0 Å². The van der Waals surface area contributed by atoms with Gasteiger partial charge in [0.05, 0.1) is 5.92 Å². The van der Waals surface area contributed by atoms with Crippen LogP contribution in [0.15, 0.2) is 0 Å². The molecule has 0 aromatic carbocycles. The maximum atomic E-state index is 11.5. The van der Waals surface area contributed by atoms with Gasteiger partial charge in [-0.3, -0.25) is 9.59 Å². The Hall–Kier alpha value is -0.860. The van der Waals surface area contributed by atoms with Gasteiger partial charge in [-0.15, -0.1) is 0 Å². The molecule has 0 saturated heterocycles. The van der Waals surface area contributed by atoms with Crippen molar-refractivity contribution in [1.29, 1.82) is 0 Å². The minimum Gasteiger partial charge on any atom is -0.393 e. The lowest BCUT2D eigenvalue weighted by atomic mass is 9.94. The SMILES string of the molecule is CCCCC(=O)OC(=O)C(C)C(C)CC. The van der Waals surface area contributed by atoms with E-state index in [1.807, 2.05) is 27.7 Å². The quantitative estimate of drug-likeness (QED) is 0.504. The molecule has 88 valence electrons. The number of hydrogen-bond acceptors (Lipinski definition) is 3. The second kappa shape index (κ2) is 7.43. The Balaban J connectivity index is 3.96. The summed E-state index contributed by atoms with van der Waals surface area (Å²) < 4.78 is 4.76. The van der Waals surface area contributed by atoms with Crippen molar-refractivity contribution < 1.29 is 14.3 Å². The average molecular weight is 214 g/mol. The van der Waals surface area contributed by atoms with Crippen molar-refractivity contribution in [2.45, 2.75) is 53.4 Å². The highest BCUT2D eigenvalue weighted by molar-refractivity contribution is 5.86. The summed E-state index contributed by atoms with van der Waals surface area (Å²) in [5.74, 6) is -0.709. The maximum absolute atomic E-state index is 11.5. The van der Waals surface area contributed by atoms with E-state index in [4.69, 9.17) is 4.74 Å². The van der Waals surface area contributed by atoms with Crippen molar-refractivity contribution in [1.82, 2.24) is 0 Å². The molecule has 0 N–H and O–H groups in total. The fourth-order valence-corrected chi connectivity index (χ4v) is 1.16. The fraction of sp³-hybridized carbons (Fsp3) is 0.833. The lowest BCUT2D eigenvalue weighted by Crippen LogP contribution is -2.23. The highest BCUT2D eigenvalue weighted by Crippen LogP contribution is 2.16. The lowest BCUT2D eigenvalue weighted by Gasteiger charge is -2.15. The molecule has 0 bridgehead atoms. The minimum absolute atomic E-state index is 0.194. The molecule has 2 atom stereocenters. The number of unbranched alkanes of at least 4 members (excludes halogenated alkanes) is 1. The van der Waals surface area contributed by atoms with Gasteiger partial charge >= 0.3 is 11.9 Å². The monoisotopic (exact) mass is 214 g/mol. The molecule has 3 nitrogen and oxygen atoms in total. The van der Waals surface area contributed by atoms with Crippen molar-refractivity contribution in [2.24, 2.45) is 11.8 Å². The van der Waals surface area contributed by atoms with Crippen molar-refractivity contribution in [3.05, 3.63) is 0 Å². The Morgan fingerprint density at radius 2 is 1.80 bits per heavy atom. The van der Waals surface area contributed by atoms with Crippen LogP contribution in [0.25, 0.3) is 0 Å². The van der Waals surface area contributed by atoms with E-state index < -0.39 is 5.97 Å². The van der Waals surface area contributed by atoms with E-state index >= 15 is 0 Å². The first-order valence-electron chi connectivity index (χ1n) is 5.77. The highest BCUT2D eigenvalue weighted by Gasteiger charge is 2.22. The number of carbonyl (C=O) groups is 2. The standard InChI is InChI=1S/C12H22O3/c1-5-7-8-11(13)15-12(14)10(4)9(3)6-2/h9-10H,5-8H2,1-4H3. The Labute approximate surface area is 92.2 Å². The van der Waals surface area contributed by atoms with Gasteiger partial charge in [0, 0.05) is 6.42 Å². The highest BCUT2D eigenvalue weighted by atomic mass is 16.6. The van der Waals surface area contributed by atoms with Gasteiger partial charge in [0.1, 0.15) is 0 Å². The summed E-state index contributed by atoms with van der Waals surface area (Å²) in [6, 6.07) is 0. The predicted octanol–water partition coefficient (Wildman–Crippen LogP) is 2.93. The van der Waals surface area contributed by atoms with E-state index in [-0.39, 0.29) is 17.8 Å². The molecule has 15 heavy (non-hydrogen) atoms. The van der Waals surface area contributed by atoms with Crippen LogP contribution in [0.3, 0.4) is 0 Å². The summed E-state index contributed by atoms with van der Waals surface area (Å²) in [5, 5.41) is 0. The fourth-order valence-electron chi connectivity index (χ4n) is 1.16. The molecular formula is C12H22O3. The first-order valence-corrected chi connectivity index (χ1v) is 5.77. The van der Waals surface area contributed by atoms with Crippen molar-refractivity contribution in [2.75, 3.05) is 0 Å². The molecule has 0 aliphatic heterocycles. The molecule has 0 amide bonds. The summed E-state index contributed by atoms with van der Waals surface area (Å²) >= 11 is 0. The molecule has 0 aromatic heterocycles. The third kappa shape index (κ3) is 5.55. The van der Waals surface area contributed by atoms with Crippen LogP contribution in [-0.2, 0) is 14.3 Å². The summed E-state index contributed by atoms with van der Waals surface area (Å²) in [7, 11) is 0. The third-order valence-electron chi connectivity index (χ3n) is 2.82. The van der Waals surface area contributed by atoms with Crippen molar-refractivity contribution in [3.63, 3.8) is 0 Å². The van der Waals surface area contributed by atoms with Crippen LogP contribution in [-0.4, -0.2) is 11.9 Å². The van der Waals surface area contributed by atoms with Crippen LogP contribution >= 0.6 is 0 Å². The molecule has 0 aliphatic rings. The van der Waals surface area contributed by atoms with Crippen molar-refractivity contribution >= 4 is 11.9 Å². The number of esters is 2. The van der Waals surface area contributed by atoms with E-state index in [2.05, 4.69) is 0 Å². The first-order chi connectivity index (χ1) is 7.02. The van der Waals surface area contributed by atoms with Crippen LogP contribution in [0.2, 0.25) is 0 Å². The Morgan fingerprint density at radius 3 is 2.27 bits per heavy atom. The molecule has 0 aromatic rings. The Kier molecular flexibility index (Phi) is 7.01. The summed E-state index contributed by atoms with van der Waals surface area (Å²) in [4.78, 5) is 22.7. The van der Waals surface area contributed by atoms with Gasteiger partial charge in [-0.1, -0.05) is 40.5 Å². The van der Waals surface area contributed by atoms with Gasteiger partial charge in [0.2, 0.25) is 0 Å². The summed E-state index contributed by atoms with van der Waals surface area (Å²) in [6.45, 7) is 7.82. The molecule has 0 aliphatic carbocycles. The number of rotatable bonds is 6. The smallest absolute Gasteiger partial charge is 0.316 e. The molecule has 3 heteroatoms. The molecule has 0 radical (unpaired) electrons. The van der Waals surface area contributed by atoms with Gasteiger partial charge in [0.15, 0.2) is 0 Å². The zero-order valence-corrected chi connectivity index (χ0v) is 10.2. The topological polar surface area (TPSA) is 43.4 Å². The van der Waals surface area contributed by atoms with E-state index in [0.29, 0.717) is 6.42 Å². The van der Waals surface area contributed by atoms with Crippen LogP contribution in [0.1, 0.15) is 53.4 Å². The van der Waals surface area contributed by atoms with E-state index in [1.165, 1.54) is 0 Å². The lowest BCUT2D eigenvalue weighted by molar-refractivity contribution is -0.163. The Bertz CT molecular complexity index is 211. The van der Waals surface area contributed by atoms with Crippen LogP contribution in [0, 0.1) is 11.8 Å². The molecule has 0 rings (SSSR count). The van der Waals surface area contributed by atoms with Gasteiger partial charge < -0.3 is 4.74 Å². The van der Waals surface area contributed by atoms with Gasteiger partial charge in [-0.05, 0) is 12.3 Å². The van der Waals surface area contributed by atoms with E-state index in [1.54, 1.807) is 0 Å². The number of carbonyl (C=O) groups excluding carboxylic acids is 2. The second-order valence-corrected chi connectivity index (χ2v) is 4.07. The molecule has 0 heterocycles. The first kappa shape index (κ1) is 14.1. The van der Waals surface area contributed by atoms with E-state index in [9.17, 15) is 9.59 Å². The molecule has 0 saturated carbocycles. The Morgan fingerprint density at radius 1 is 1.20 bits per heavy atom. The second-order valence-electron chi connectivity index (χ2n) is 4.07. The summed E-state index contributed by atoms with van der Waals surface area (Å²) in [5.41, 5.74) is 0. The summed E-state index contributed by atoms with van der Waals surface area (Å²) in [6.07, 6.45) is 2.98. The molecule has 0 spiro atoms. The number of hydrogen-bond donors (Lipinski definition) is 0. The zero-order chi connectivity index (χ0) is 11.8. The minimum atomic E-state index is -0.392. The largest absolute Gasteiger partial charge is 0.393 e. The maximum Gasteiger partial charge on any atom is 0.316 e. The predicted molar refractivity (Wildman–Crippen MR) is 59.2 cm³/mol. The van der Waals surface area contributed by atoms with Crippen LogP contribution < -0.4 is 0 Å².